The molecule has 0 fully saturated rings. The Morgan fingerprint density at radius 1 is 1.03 bits per heavy atom. The maximum atomic E-state index is 13.5. The van der Waals surface area contributed by atoms with Crippen LogP contribution in [0.2, 0.25) is 5.02 Å². The molecule has 0 radical (unpaired) electrons. The molecule has 1 aliphatic rings. The van der Waals surface area contributed by atoms with Gasteiger partial charge in [0, 0.05) is 22.8 Å². The Hall–Kier alpha value is -3.77. The number of aromatic nitrogens is 2. The zero-order chi connectivity index (χ0) is 22.5. The topological polar surface area (TPSA) is 64.9 Å². The number of carbonyl (C=O) groups is 1. The van der Waals surface area contributed by atoms with Gasteiger partial charge in [-0.05, 0) is 31.2 Å². The van der Waals surface area contributed by atoms with Gasteiger partial charge in [0.05, 0.1) is 40.5 Å². The highest BCUT2D eigenvalue weighted by atomic mass is 35.5. The van der Waals surface area contributed by atoms with E-state index in [0.29, 0.717) is 35.3 Å². The first-order chi connectivity index (χ1) is 16.1. The normalized spacial score (nSPS) is 13.4. The lowest BCUT2D eigenvalue weighted by molar-refractivity contribution is 0.102. The Balaban J connectivity index is 1.54. The third-order valence-corrected chi connectivity index (χ3v) is 6.22. The molecule has 33 heavy (non-hydrogen) atoms. The molecule has 1 N–H and O–H groups in total. The molecule has 2 aromatic heterocycles. The summed E-state index contributed by atoms with van der Waals surface area (Å²) in [6, 6.07) is 19.2. The number of anilines is 1. The minimum absolute atomic E-state index is 0.274. The minimum Gasteiger partial charge on any atom is -0.489 e. The Morgan fingerprint density at radius 3 is 2.67 bits per heavy atom. The number of hydrogen-bond donors (Lipinski definition) is 1. The number of para-hydroxylation sites is 2. The minimum atomic E-state index is -0.274. The van der Waals surface area contributed by atoms with Gasteiger partial charge in [0.15, 0.2) is 11.5 Å². The summed E-state index contributed by atoms with van der Waals surface area (Å²) in [6.07, 6.45) is 0.760. The Labute approximate surface area is 194 Å². The molecule has 0 atom stereocenters. The van der Waals surface area contributed by atoms with Crippen molar-refractivity contribution in [3.05, 3.63) is 77.1 Å². The number of fused-ring (bicyclic) bond motifs is 6. The highest BCUT2D eigenvalue weighted by molar-refractivity contribution is 6.33. The zero-order valence-corrected chi connectivity index (χ0v) is 18.6. The lowest BCUT2D eigenvalue weighted by Gasteiger charge is -2.12. The van der Waals surface area contributed by atoms with Crippen LogP contribution in [0.4, 0.5) is 5.69 Å². The number of amides is 1. The first kappa shape index (κ1) is 19.9. The van der Waals surface area contributed by atoms with E-state index in [1.165, 1.54) is 0 Å². The van der Waals surface area contributed by atoms with Gasteiger partial charge in [-0.15, -0.1) is 0 Å². The first-order valence-electron chi connectivity index (χ1n) is 10.8. The number of halogens is 1. The van der Waals surface area contributed by atoms with Gasteiger partial charge in [-0.2, -0.15) is 0 Å². The Kier molecular flexibility index (Phi) is 4.62. The van der Waals surface area contributed by atoms with E-state index >= 15 is 0 Å². The van der Waals surface area contributed by atoms with E-state index < -0.39 is 0 Å². The second kappa shape index (κ2) is 7.67. The summed E-state index contributed by atoms with van der Waals surface area (Å²) < 4.78 is 13.6. The third kappa shape index (κ3) is 3.17. The van der Waals surface area contributed by atoms with E-state index in [-0.39, 0.29) is 5.91 Å². The molecule has 1 aliphatic heterocycles. The number of nitrogens with zero attached hydrogens (tertiary/aromatic N) is 2. The summed E-state index contributed by atoms with van der Waals surface area (Å²) >= 11 is 6.44. The van der Waals surface area contributed by atoms with Gasteiger partial charge < -0.3 is 14.8 Å². The highest BCUT2D eigenvalue weighted by Gasteiger charge is 2.22. The van der Waals surface area contributed by atoms with Gasteiger partial charge in [0.25, 0.3) is 5.91 Å². The average molecular weight is 458 g/mol. The lowest BCUT2D eigenvalue weighted by Crippen LogP contribution is -2.12. The molecule has 0 bridgehead atoms. The van der Waals surface area contributed by atoms with Crippen molar-refractivity contribution in [2.75, 3.05) is 18.5 Å². The lowest BCUT2D eigenvalue weighted by atomic mass is 10.1. The third-order valence-electron chi connectivity index (χ3n) is 5.94. The molecule has 0 spiro atoms. The van der Waals surface area contributed by atoms with Crippen LogP contribution < -0.4 is 14.8 Å². The van der Waals surface area contributed by atoms with Crippen molar-refractivity contribution < 1.29 is 14.3 Å². The summed E-state index contributed by atoms with van der Waals surface area (Å²) in [5, 5.41) is 5.41. The highest BCUT2D eigenvalue weighted by Crippen LogP contribution is 2.39. The quantitative estimate of drug-likeness (QED) is 0.352. The van der Waals surface area contributed by atoms with E-state index in [1.807, 2.05) is 55.5 Å². The van der Waals surface area contributed by atoms with Crippen LogP contribution in [0.15, 0.2) is 60.7 Å². The standard InChI is InChI=1S/C26H20ClN3O3/c1-15-28-20-9-4-2-7-17(20)24-23(18-8-3-5-10-21(18)30(15)24)29-26(31)16-13-19(27)25-22(14-16)32-11-6-12-33-25/h2-5,7-10,13-14H,6,11-12H2,1H3,(H,29,31). The molecule has 0 saturated heterocycles. The molecule has 3 heterocycles. The molecule has 0 saturated carbocycles. The van der Waals surface area contributed by atoms with E-state index in [9.17, 15) is 4.79 Å². The first-order valence-corrected chi connectivity index (χ1v) is 11.2. The summed E-state index contributed by atoms with van der Waals surface area (Å²) in [7, 11) is 0. The second-order valence-corrected chi connectivity index (χ2v) is 8.45. The van der Waals surface area contributed by atoms with Crippen molar-refractivity contribution >= 4 is 50.5 Å². The van der Waals surface area contributed by atoms with Crippen molar-refractivity contribution in [1.82, 2.24) is 9.38 Å². The number of rotatable bonds is 2. The molecule has 0 aliphatic carbocycles. The summed E-state index contributed by atoms with van der Waals surface area (Å²) in [6.45, 7) is 3.02. The summed E-state index contributed by atoms with van der Waals surface area (Å²) in [5.74, 6) is 1.55. The number of ether oxygens (including phenoxy) is 2. The van der Waals surface area contributed by atoms with Crippen molar-refractivity contribution in [1.29, 1.82) is 0 Å². The molecular weight excluding hydrogens is 438 g/mol. The predicted octanol–water partition coefficient (Wildman–Crippen LogP) is 6.02. The largest absolute Gasteiger partial charge is 0.489 e. The molecule has 7 heteroatoms. The Bertz CT molecular complexity index is 1570. The van der Waals surface area contributed by atoms with Gasteiger partial charge in [-0.3, -0.25) is 9.20 Å². The van der Waals surface area contributed by atoms with Gasteiger partial charge in [-0.1, -0.05) is 48.0 Å². The summed E-state index contributed by atoms with van der Waals surface area (Å²) in [4.78, 5) is 18.2. The van der Waals surface area contributed by atoms with Crippen LogP contribution in [0, 0.1) is 6.92 Å². The molecule has 1 amide bonds. The van der Waals surface area contributed by atoms with Gasteiger partial charge in [-0.25, -0.2) is 4.98 Å². The van der Waals surface area contributed by atoms with E-state index in [0.717, 1.165) is 45.3 Å². The van der Waals surface area contributed by atoms with Crippen LogP contribution in [0.1, 0.15) is 22.6 Å². The number of benzene rings is 3. The second-order valence-electron chi connectivity index (χ2n) is 8.04. The van der Waals surface area contributed by atoms with E-state index in [4.69, 9.17) is 26.1 Å². The van der Waals surface area contributed by atoms with Crippen molar-refractivity contribution in [2.24, 2.45) is 0 Å². The van der Waals surface area contributed by atoms with E-state index in [1.54, 1.807) is 12.1 Å². The number of nitrogens with one attached hydrogen (secondary N) is 1. The fourth-order valence-corrected chi connectivity index (χ4v) is 4.77. The maximum absolute atomic E-state index is 13.5. The van der Waals surface area contributed by atoms with Crippen LogP contribution >= 0.6 is 11.6 Å². The van der Waals surface area contributed by atoms with E-state index in [2.05, 4.69) is 9.72 Å². The molecule has 3 aromatic carbocycles. The monoisotopic (exact) mass is 457 g/mol. The fourth-order valence-electron chi connectivity index (χ4n) is 4.50. The SMILES string of the molecule is Cc1nc2ccccc2c2c(NC(=O)c3cc(Cl)c4c(c3)OCCCO4)c3ccccc3n12. The van der Waals surface area contributed by atoms with Crippen molar-refractivity contribution in [2.45, 2.75) is 13.3 Å². The number of hydrogen-bond acceptors (Lipinski definition) is 4. The van der Waals surface area contributed by atoms with Crippen molar-refractivity contribution in [3.63, 3.8) is 0 Å². The Morgan fingerprint density at radius 2 is 1.79 bits per heavy atom. The smallest absolute Gasteiger partial charge is 0.255 e. The fraction of sp³-hybridized carbons (Fsp3) is 0.154. The molecule has 5 aromatic rings. The van der Waals surface area contributed by atoms with Crippen LogP contribution in [0.3, 0.4) is 0 Å². The number of carbonyl (C=O) groups excluding carboxylic acids is 1. The molecular formula is C26H20ClN3O3. The molecule has 0 unspecified atom stereocenters. The van der Waals surface area contributed by atoms with Crippen LogP contribution in [0.25, 0.3) is 27.3 Å². The van der Waals surface area contributed by atoms with Crippen LogP contribution in [0.5, 0.6) is 11.5 Å². The average Bonchev–Trinajstić information content (AvgIpc) is 2.97. The van der Waals surface area contributed by atoms with Crippen molar-refractivity contribution in [3.8, 4) is 11.5 Å². The zero-order valence-electron chi connectivity index (χ0n) is 17.9. The summed E-state index contributed by atoms with van der Waals surface area (Å²) in [5.41, 5.74) is 3.91. The molecule has 6 nitrogen and oxygen atoms in total. The van der Waals surface area contributed by atoms with Gasteiger partial charge >= 0.3 is 0 Å². The van der Waals surface area contributed by atoms with Crippen LogP contribution in [-0.4, -0.2) is 28.5 Å². The van der Waals surface area contributed by atoms with Gasteiger partial charge in [0.2, 0.25) is 0 Å². The number of aryl methyl sites for hydroxylation is 1. The van der Waals surface area contributed by atoms with Gasteiger partial charge in [0.1, 0.15) is 5.82 Å². The molecule has 6 rings (SSSR count). The maximum Gasteiger partial charge on any atom is 0.255 e. The van der Waals surface area contributed by atoms with Crippen LogP contribution in [-0.2, 0) is 0 Å². The molecule has 164 valence electrons. The predicted molar refractivity (Wildman–Crippen MR) is 130 cm³/mol.